The van der Waals surface area contributed by atoms with Crippen molar-refractivity contribution in [2.45, 2.75) is 20.5 Å². The van der Waals surface area contributed by atoms with Gasteiger partial charge in [-0.2, -0.15) is 4.57 Å². The van der Waals surface area contributed by atoms with Gasteiger partial charge >= 0.3 is 0 Å². The van der Waals surface area contributed by atoms with Crippen molar-refractivity contribution >= 4 is 34.3 Å². The van der Waals surface area contributed by atoms with Crippen LogP contribution < -0.4 is 9.88 Å². The number of aryl methyl sites for hydroxylation is 2. The Labute approximate surface area is 174 Å². The second kappa shape index (κ2) is 8.94. The Kier molecular flexibility index (Phi) is 6.36. The topological polar surface area (TPSA) is 56.4 Å². The van der Waals surface area contributed by atoms with Gasteiger partial charge in [0.05, 0.1) is 6.61 Å². The fourth-order valence-corrected chi connectivity index (χ4v) is 3.17. The number of aliphatic hydroxyl groups excluding tert-OH is 2. The first-order valence-corrected chi connectivity index (χ1v) is 9.49. The summed E-state index contributed by atoms with van der Waals surface area (Å²) in [6.07, 6.45) is 3.44. The summed E-state index contributed by atoms with van der Waals surface area (Å²) in [6.45, 7) is 3.83. The van der Waals surface area contributed by atoms with Gasteiger partial charge < -0.3 is 15.5 Å². The predicted molar refractivity (Wildman–Crippen MR) is 117 cm³/mol. The Bertz CT molecular complexity index is 1080. The van der Waals surface area contributed by atoms with E-state index in [0.717, 1.165) is 11.1 Å². The third kappa shape index (κ3) is 4.85. The van der Waals surface area contributed by atoms with E-state index in [1.807, 2.05) is 32.0 Å². The average Bonchev–Trinajstić information content (AvgIpc) is 2.72. The molecule has 1 heterocycles. The maximum Gasteiger partial charge on any atom is 0.288 e. The highest BCUT2D eigenvalue weighted by molar-refractivity contribution is 7.81. The highest BCUT2D eigenvalue weighted by atomic mass is 32.1. The first-order valence-electron chi connectivity index (χ1n) is 9.08. The highest BCUT2D eigenvalue weighted by Gasteiger charge is 2.24. The van der Waals surface area contributed by atoms with Gasteiger partial charge in [0.15, 0.2) is 23.1 Å². The number of aliphatic hydroxyl groups is 2. The number of benzene rings is 2. The molecule has 4 nitrogen and oxygen atoms in total. The Balaban J connectivity index is 2.10. The van der Waals surface area contributed by atoms with Gasteiger partial charge in [-0.05, 0) is 61.4 Å². The zero-order chi connectivity index (χ0) is 21.0. The van der Waals surface area contributed by atoms with E-state index < -0.39 is 0 Å². The Morgan fingerprint density at radius 1 is 1.07 bits per heavy atom. The normalized spacial score (nSPS) is 11.7. The van der Waals surface area contributed by atoms with Crippen LogP contribution in [0, 0.1) is 19.7 Å². The Morgan fingerprint density at radius 2 is 1.79 bits per heavy atom. The summed E-state index contributed by atoms with van der Waals surface area (Å²) in [5.41, 5.74) is 4.39. The van der Waals surface area contributed by atoms with Crippen LogP contribution in [0.1, 0.15) is 22.3 Å². The number of nitrogens with zero attached hydrogens (tertiary/aromatic N) is 1. The Morgan fingerprint density at radius 3 is 2.45 bits per heavy atom. The monoisotopic (exact) mass is 409 g/mol. The van der Waals surface area contributed by atoms with E-state index in [2.05, 4.69) is 5.32 Å². The molecule has 148 valence electrons. The third-order valence-corrected chi connectivity index (χ3v) is 4.92. The van der Waals surface area contributed by atoms with E-state index in [1.165, 1.54) is 12.1 Å². The molecule has 0 amide bonds. The fourth-order valence-electron chi connectivity index (χ4n) is 2.85. The molecule has 29 heavy (non-hydrogen) atoms. The van der Waals surface area contributed by atoms with Gasteiger partial charge in [0.2, 0.25) is 0 Å². The Hall–Kier alpha value is -3.09. The molecular formula is C23H22FN2O2S+. The van der Waals surface area contributed by atoms with Crippen molar-refractivity contribution < 1.29 is 19.2 Å². The number of pyridine rings is 1. The van der Waals surface area contributed by atoms with Crippen molar-refractivity contribution in [1.82, 2.24) is 0 Å². The molecule has 2 aromatic carbocycles. The summed E-state index contributed by atoms with van der Waals surface area (Å²) in [5, 5.41) is 23.6. The number of nitrogens with one attached hydrogen (secondary N) is 1. The maximum atomic E-state index is 13.2. The number of halogens is 1. The molecule has 0 aliphatic rings. The van der Waals surface area contributed by atoms with Crippen LogP contribution in [0.4, 0.5) is 10.1 Å². The lowest BCUT2D eigenvalue weighted by atomic mass is 10.0. The summed E-state index contributed by atoms with van der Waals surface area (Å²) in [4.78, 5) is 0.257. The lowest BCUT2D eigenvalue weighted by Crippen LogP contribution is -2.39. The molecule has 6 heteroatoms. The number of thiocarbonyl (C=S) groups is 1. The molecule has 0 fully saturated rings. The molecule has 3 aromatic rings. The average molecular weight is 410 g/mol. The van der Waals surface area contributed by atoms with Gasteiger partial charge in [-0.1, -0.05) is 24.4 Å². The summed E-state index contributed by atoms with van der Waals surface area (Å²) in [7, 11) is 0. The molecule has 0 atom stereocenters. The van der Waals surface area contributed by atoms with Crippen molar-refractivity contribution in [2.24, 2.45) is 0 Å². The van der Waals surface area contributed by atoms with Gasteiger partial charge in [-0.15, -0.1) is 0 Å². The zero-order valence-electron chi connectivity index (χ0n) is 16.2. The molecule has 0 unspecified atom stereocenters. The van der Waals surface area contributed by atoms with E-state index >= 15 is 0 Å². The van der Waals surface area contributed by atoms with Crippen LogP contribution in [0.25, 0.3) is 11.5 Å². The van der Waals surface area contributed by atoms with Crippen LogP contribution >= 0.6 is 12.2 Å². The number of hydrogen-bond acceptors (Lipinski definition) is 3. The minimum absolute atomic E-state index is 0.00667. The molecule has 0 bridgehead atoms. The van der Waals surface area contributed by atoms with Crippen LogP contribution in [-0.4, -0.2) is 15.2 Å². The van der Waals surface area contributed by atoms with E-state index in [4.69, 9.17) is 12.2 Å². The third-order valence-electron chi connectivity index (χ3n) is 4.62. The molecule has 0 aliphatic heterocycles. The van der Waals surface area contributed by atoms with Crippen molar-refractivity contribution in [3.05, 3.63) is 95.1 Å². The maximum absolute atomic E-state index is 13.2. The van der Waals surface area contributed by atoms with Gasteiger partial charge in [-0.3, -0.25) is 0 Å². The molecule has 0 saturated heterocycles. The lowest BCUT2D eigenvalue weighted by molar-refractivity contribution is -0.576. The van der Waals surface area contributed by atoms with Crippen LogP contribution in [0.2, 0.25) is 0 Å². The van der Waals surface area contributed by atoms with Crippen molar-refractivity contribution in [2.75, 3.05) is 5.32 Å². The van der Waals surface area contributed by atoms with Crippen LogP contribution in [-0.2, 0) is 6.61 Å². The molecule has 0 radical (unpaired) electrons. The lowest BCUT2D eigenvalue weighted by Gasteiger charge is -2.11. The van der Waals surface area contributed by atoms with E-state index in [0.29, 0.717) is 22.5 Å². The van der Waals surface area contributed by atoms with Gasteiger partial charge in [-0.25, -0.2) is 4.39 Å². The fraction of sp³-hybridized carbons (Fsp3) is 0.130. The highest BCUT2D eigenvalue weighted by Crippen LogP contribution is 2.21. The van der Waals surface area contributed by atoms with Crippen LogP contribution in [0.3, 0.4) is 0 Å². The second-order valence-electron chi connectivity index (χ2n) is 6.73. The predicted octanol–water partition coefficient (Wildman–Crippen LogP) is 4.55. The van der Waals surface area contributed by atoms with Crippen LogP contribution in [0.5, 0.6) is 0 Å². The second-order valence-corrected chi connectivity index (χ2v) is 7.14. The minimum Gasteiger partial charge on any atom is -0.502 e. The van der Waals surface area contributed by atoms with E-state index in [1.54, 1.807) is 41.2 Å². The molecule has 0 spiro atoms. The van der Waals surface area contributed by atoms with Gasteiger partial charge in [0.1, 0.15) is 5.82 Å². The number of anilines is 1. The molecule has 0 aliphatic carbocycles. The van der Waals surface area contributed by atoms with Crippen molar-refractivity contribution in [3.8, 4) is 0 Å². The summed E-state index contributed by atoms with van der Waals surface area (Å²) in [6, 6.07) is 15.0. The SMILES string of the molecule is Cc1ccc(/C(O)=C(\C(=S)Nc2ccc(F)cc2)[n+]2cccc(CO)c2)cc1C. The summed E-state index contributed by atoms with van der Waals surface area (Å²) in [5.74, 6) is -0.354. The number of aromatic nitrogens is 1. The first kappa shape index (κ1) is 20.6. The quantitative estimate of drug-likeness (QED) is 0.251. The van der Waals surface area contributed by atoms with Crippen molar-refractivity contribution in [1.29, 1.82) is 0 Å². The summed E-state index contributed by atoms with van der Waals surface area (Å²) < 4.78 is 14.9. The number of rotatable bonds is 5. The standard InChI is InChI=1S/C23H21FN2O2S/c1-15-5-6-18(12-16(15)2)22(28)21(26-11-3-4-17(13-26)14-27)23(29)25-20-9-7-19(24)8-10-20/h3-13,27H,14H2,1-2H3,(H-,25,28,29)/p+1. The number of hydrogen-bond donors (Lipinski definition) is 3. The van der Waals surface area contributed by atoms with Crippen molar-refractivity contribution in [3.63, 3.8) is 0 Å². The molecule has 3 rings (SSSR count). The molecular weight excluding hydrogens is 387 g/mol. The smallest absolute Gasteiger partial charge is 0.288 e. The van der Waals surface area contributed by atoms with E-state index in [-0.39, 0.29) is 23.2 Å². The molecule has 0 saturated carbocycles. The summed E-state index contributed by atoms with van der Waals surface area (Å²) >= 11 is 5.58. The zero-order valence-corrected chi connectivity index (χ0v) is 17.0. The molecule has 1 aromatic heterocycles. The van der Waals surface area contributed by atoms with Crippen LogP contribution in [0.15, 0.2) is 67.0 Å². The van der Waals surface area contributed by atoms with E-state index in [9.17, 15) is 14.6 Å². The minimum atomic E-state index is -0.347. The molecule has 3 N–H and O–H groups in total. The first-order chi connectivity index (χ1) is 13.9. The van der Waals surface area contributed by atoms with Gasteiger partial charge in [0, 0.05) is 22.9 Å². The van der Waals surface area contributed by atoms with Gasteiger partial charge in [0.25, 0.3) is 5.70 Å². The largest absolute Gasteiger partial charge is 0.502 e.